The van der Waals surface area contributed by atoms with Crippen LogP contribution in [0.25, 0.3) is 23.1 Å². The van der Waals surface area contributed by atoms with E-state index in [0.29, 0.717) is 11.4 Å². The van der Waals surface area contributed by atoms with Gasteiger partial charge in [-0.1, -0.05) is 17.3 Å². The van der Waals surface area contributed by atoms with E-state index in [1.165, 1.54) is 0 Å². The number of phenolic OH excluding ortho intramolecular Hbond substituents is 1. The minimum absolute atomic E-state index is 0.0849. The second-order valence-electron chi connectivity index (χ2n) is 3.51. The number of hydrogen-bond donors (Lipinski definition) is 1. The zero-order chi connectivity index (χ0) is 12.4. The van der Waals surface area contributed by atoms with E-state index in [-0.39, 0.29) is 17.5 Å². The van der Waals surface area contributed by atoms with Crippen LogP contribution >= 0.6 is 0 Å². The molecule has 6 heteroatoms. The zero-order valence-corrected chi connectivity index (χ0v) is 9.19. The average Bonchev–Trinajstić information content (AvgIpc) is 2.90. The molecule has 0 aliphatic carbocycles. The van der Waals surface area contributed by atoms with Gasteiger partial charge < -0.3 is 9.63 Å². The molecule has 2 heterocycles. The number of aromatic nitrogens is 4. The molecule has 0 radical (unpaired) electrons. The van der Waals surface area contributed by atoms with Crippen molar-refractivity contribution >= 4 is 0 Å². The summed E-state index contributed by atoms with van der Waals surface area (Å²) in [5.74, 6) is 0.981. The lowest BCUT2D eigenvalue weighted by molar-refractivity contribution is 0.425. The number of benzene rings is 1. The Balaban J connectivity index is 2.03. The van der Waals surface area contributed by atoms with Gasteiger partial charge in [-0.3, -0.25) is 0 Å². The topological polar surface area (TPSA) is 84.9 Å². The van der Waals surface area contributed by atoms with Gasteiger partial charge in [0.1, 0.15) is 5.75 Å². The highest BCUT2D eigenvalue weighted by Gasteiger charge is 2.14. The van der Waals surface area contributed by atoms with Gasteiger partial charge in [0.15, 0.2) is 0 Å². The Hall–Kier alpha value is -2.76. The molecule has 0 saturated carbocycles. The number of para-hydroxylation sites is 1. The maximum Gasteiger partial charge on any atom is 0.262 e. The Kier molecular flexibility index (Phi) is 2.45. The number of phenols is 1. The van der Waals surface area contributed by atoms with E-state index in [4.69, 9.17) is 4.52 Å². The Morgan fingerprint density at radius 3 is 2.50 bits per heavy atom. The number of rotatable bonds is 2. The monoisotopic (exact) mass is 240 g/mol. The lowest BCUT2D eigenvalue weighted by Crippen LogP contribution is -1.88. The van der Waals surface area contributed by atoms with E-state index in [2.05, 4.69) is 20.1 Å². The van der Waals surface area contributed by atoms with Crippen LogP contribution in [0.2, 0.25) is 0 Å². The molecule has 0 aliphatic heterocycles. The summed E-state index contributed by atoms with van der Waals surface area (Å²) in [6.07, 6.45) is 3.19. The highest BCUT2D eigenvalue weighted by Crippen LogP contribution is 2.27. The quantitative estimate of drug-likeness (QED) is 0.736. The molecule has 3 rings (SSSR count). The van der Waals surface area contributed by atoms with Gasteiger partial charge >= 0.3 is 0 Å². The highest BCUT2D eigenvalue weighted by molar-refractivity contribution is 5.63. The van der Waals surface area contributed by atoms with Crippen LogP contribution in [-0.4, -0.2) is 25.2 Å². The molecule has 18 heavy (non-hydrogen) atoms. The van der Waals surface area contributed by atoms with Crippen molar-refractivity contribution in [3.63, 3.8) is 0 Å². The third-order valence-electron chi connectivity index (χ3n) is 2.33. The van der Waals surface area contributed by atoms with Crippen LogP contribution in [0.3, 0.4) is 0 Å². The summed E-state index contributed by atoms with van der Waals surface area (Å²) in [4.78, 5) is 12.2. The van der Waals surface area contributed by atoms with E-state index in [1.54, 1.807) is 42.7 Å². The minimum Gasteiger partial charge on any atom is -0.507 e. The lowest BCUT2D eigenvalue weighted by Gasteiger charge is -1.96. The fourth-order valence-electron chi connectivity index (χ4n) is 1.49. The third kappa shape index (κ3) is 1.80. The van der Waals surface area contributed by atoms with E-state index in [1.807, 2.05) is 0 Å². The fraction of sp³-hybridized carbons (Fsp3) is 0. The van der Waals surface area contributed by atoms with Gasteiger partial charge in [-0.15, -0.1) is 0 Å². The van der Waals surface area contributed by atoms with Crippen LogP contribution in [0.15, 0.2) is 47.2 Å². The number of hydrogen-bond acceptors (Lipinski definition) is 6. The normalized spacial score (nSPS) is 10.4. The maximum absolute atomic E-state index is 9.68. The van der Waals surface area contributed by atoms with E-state index < -0.39 is 0 Å². The Morgan fingerprint density at radius 2 is 1.72 bits per heavy atom. The Labute approximate surface area is 102 Å². The van der Waals surface area contributed by atoms with Crippen molar-refractivity contribution in [2.75, 3.05) is 0 Å². The van der Waals surface area contributed by atoms with Gasteiger partial charge in [0, 0.05) is 12.4 Å². The summed E-state index contributed by atoms with van der Waals surface area (Å²) in [6.45, 7) is 0. The summed E-state index contributed by atoms with van der Waals surface area (Å²) >= 11 is 0. The second kappa shape index (κ2) is 4.25. The van der Waals surface area contributed by atoms with Crippen LogP contribution in [0.4, 0.5) is 0 Å². The summed E-state index contributed by atoms with van der Waals surface area (Å²) in [5, 5.41) is 13.5. The van der Waals surface area contributed by atoms with Gasteiger partial charge in [-0.05, 0) is 18.2 Å². The predicted octanol–water partition coefficient (Wildman–Crippen LogP) is 1.90. The lowest BCUT2D eigenvalue weighted by atomic mass is 10.2. The molecule has 0 unspecified atom stereocenters. The highest BCUT2D eigenvalue weighted by atomic mass is 16.5. The molecule has 0 fully saturated rings. The van der Waals surface area contributed by atoms with Crippen molar-refractivity contribution in [2.24, 2.45) is 0 Å². The van der Waals surface area contributed by atoms with Crippen molar-refractivity contribution in [3.05, 3.63) is 42.7 Å². The van der Waals surface area contributed by atoms with Crippen LogP contribution in [0.5, 0.6) is 5.75 Å². The number of aromatic hydroxyl groups is 1. The Morgan fingerprint density at radius 1 is 0.944 bits per heavy atom. The van der Waals surface area contributed by atoms with Gasteiger partial charge in [0.05, 0.1) is 5.56 Å². The van der Waals surface area contributed by atoms with Crippen LogP contribution in [0, 0.1) is 0 Å². The van der Waals surface area contributed by atoms with E-state index in [9.17, 15) is 5.11 Å². The largest absolute Gasteiger partial charge is 0.507 e. The summed E-state index contributed by atoms with van der Waals surface area (Å²) < 4.78 is 5.08. The van der Waals surface area contributed by atoms with Gasteiger partial charge in [0.25, 0.3) is 5.89 Å². The average molecular weight is 240 g/mol. The third-order valence-corrected chi connectivity index (χ3v) is 2.33. The second-order valence-corrected chi connectivity index (χ2v) is 3.51. The van der Waals surface area contributed by atoms with E-state index >= 15 is 0 Å². The van der Waals surface area contributed by atoms with Crippen LogP contribution in [-0.2, 0) is 0 Å². The molecule has 1 aromatic carbocycles. The minimum atomic E-state index is 0.0849. The van der Waals surface area contributed by atoms with Crippen molar-refractivity contribution in [3.8, 4) is 28.9 Å². The smallest absolute Gasteiger partial charge is 0.262 e. The molecule has 88 valence electrons. The first-order valence-electron chi connectivity index (χ1n) is 5.24. The van der Waals surface area contributed by atoms with Crippen LogP contribution in [0.1, 0.15) is 0 Å². The molecule has 0 aliphatic rings. The summed E-state index contributed by atoms with van der Waals surface area (Å²) in [5.41, 5.74) is 0.479. The van der Waals surface area contributed by atoms with Crippen molar-refractivity contribution in [1.29, 1.82) is 0 Å². The molecule has 0 saturated heterocycles. The van der Waals surface area contributed by atoms with Crippen molar-refractivity contribution in [1.82, 2.24) is 20.1 Å². The zero-order valence-electron chi connectivity index (χ0n) is 9.19. The van der Waals surface area contributed by atoms with Crippen molar-refractivity contribution < 1.29 is 9.63 Å². The van der Waals surface area contributed by atoms with Gasteiger partial charge in [-0.2, -0.15) is 4.98 Å². The predicted molar refractivity (Wildman–Crippen MR) is 62.4 cm³/mol. The first kappa shape index (κ1) is 10.4. The Bertz CT molecular complexity index is 667. The van der Waals surface area contributed by atoms with Crippen LogP contribution < -0.4 is 0 Å². The molecule has 1 N–H and O–H groups in total. The molecule has 2 aromatic heterocycles. The molecule has 0 atom stereocenters. The fourth-order valence-corrected chi connectivity index (χ4v) is 1.49. The number of nitrogens with zero attached hydrogens (tertiary/aromatic N) is 4. The summed E-state index contributed by atoms with van der Waals surface area (Å²) in [7, 11) is 0. The summed E-state index contributed by atoms with van der Waals surface area (Å²) in [6, 6.07) is 8.44. The molecule has 6 nitrogen and oxygen atoms in total. The standard InChI is InChI=1S/C12H8N4O2/c17-9-5-2-1-4-8(9)12-15-11(16-18-12)10-13-6-3-7-14-10/h1-7,17H. The van der Waals surface area contributed by atoms with Gasteiger partial charge in [0.2, 0.25) is 11.6 Å². The molecule has 3 aromatic rings. The first-order chi connectivity index (χ1) is 8.84. The SMILES string of the molecule is Oc1ccccc1-c1nc(-c2ncccn2)no1. The van der Waals surface area contributed by atoms with Crippen molar-refractivity contribution in [2.45, 2.75) is 0 Å². The molecule has 0 bridgehead atoms. The molecule has 0 spiro atoms. The van der Waals surface area contributed by atoms with E-state index in [0.717, 1.165) is 0 Å². The van der Waals surface area contributed by atoms with Gasteiger partial charge in [-0.25, -0.2) is 9.97 Å². The first-order valence-corrected chi connectivity index (χ1v) is 5.24. The molecule has 0 amide bonds. The molecular formula is C12H8N4O2. The maximum atomic E-state index is 9.68. The molecular weight excluding hydrogens is 232 g/mol.